The predicted octanol–water partition coefficient (Wildman–Crippen LogP) is 6.00. The van der Waals surface area contributed by atoms with Crippen molar-refractivity contribution in [1.82, 2.24) is 0 Å². The summed E-state index contributed by atoms with van der Waals surface area (Å²) in [7, 11) is 0. The Hall–Kier alpha value is -2.58. The van der Waals surface area contributed by atoms with Crippen LogP contribution in [0.5, 0.6) is 0 Å². The van der Waals surface area contributed by atoms with E-state index in [2.05, 4.69) is 50.3 Å². The fraction of sp³-hybridized carbons (Fsp3) is 0.417. The van der Waals surface area contributed by atoms with E-state index in [0.717, 1.165) is 60.8 Å². The molecule has 132 valence electrons. The Morgan fingerprint density at radius 1 is 0.654 bits per heavy atom. The van der Waals surface area contributed by atoms with Crippen LogP contribution in [0.2, 0.25) is 0 Å². The van der Waals surface area contributed by atoms with Gasteiger partial charge in [-0.1, -0.05) is 88.1 Å². The Labute approximate surface area is 157 Å². The van der Waals surface area contributed by atoms with Crippen LogP contribution < -0.4 is 0 Å². The van der Waals surface area contributed by atoms with Crippen molar-refractivity contribution >= 4 is 0 Å². The van der Waals surface area contributed by atoms with Crippen molar-refractivity contribution in [2.24, 2.45) is 0 Å². The SMILES string of the molecule is CCCCC1(C#N)c2ccccc2C(C#N)(CCCC)c2ccccc21. The molecule has 1 aliphatic rings. The fourth-order valence-electron chi connectivity index (χ4n) is 4.52. The molecule has 26 heavy (non-hydrogen) atoms. The molecule has 0 saturated heterocycles. The largest absolute Gasteiger partial charge is 0.197 e. The van der Waals surface area contributed by atoms with Gasteiger partial charge in [-0.3, -0.25) is 0 Å². The minimum Gasteiger partial charge on any atom is -0.197 e. The summed E-state index contributed by atoms with van der Waals surface area (Å²) in [6.07, 6.45) is 5.67. The lowest BCUT2D eigenvalue weighted by Gasteiger charge is -2.43. The van der Waals surface area contributed by atoms with Crippen molar-refractivity contribution < 1.29 is 0 Å². The summed E-state index contributed by atoms with van der Waals surface area (Å²) < 4.78 is 0. The van der Waals surface area contributed by atoms with E-state index in [1.54, 1.807) is 0 Å². The summed E-state index contributed by atoms with van der Waals surface area (Å²) >= 11 is 0. The van der Waals surface area contributed by atoms with Crippen molar-refractivity contribution in [1.29, 1.82) is 10.5 Å². The smallest absolute Gasteiger partial charge is 0.108 e. The molecule has 2 aromatic carbocycles. The van der Waals surface area contributed by atoms with Crippen LogP contribution >= 0.6 is 0 Å². The standard InChI is InChI=1S/C24H26N2/c1-3-5-15-23(17-25)19-11-7-9-13-21(19)24(18-26,16-6-4-2)22-14-10-8-12-20(22)23/h7-14H,3-6,15-16H2,1-2H3. The lowest BCUT2D eigenvalue weighted by Crippen LogP contribution is -2.41. The predicted molar refractivity (Wildman–Crippen MR) is 105 cm³/mol. The molecular formula is C24H26N2. The van der Waals surface area contributed by atoms with E-state index in [1.807, 2.05) is 24.3 Å². The van der Waals surface area contributed by atoms with E-state index < -0.39 is 10.8 Å². The second kappa shape index (κ2) is 7.35. The number of nitrogens with zero attached hydrogens (tertiary/aromatic N) is 2. The first kappa shape index (κ1) is 18.2. The average Bonchev–Trinajstić information content (AvgIpc) is 2.71. The Balaban J connectivity index is 2.36. The molecule has 3 rings (SSSR count). The van der Waals surface area contributed by atoms with Gasteiger partial charge in [0, 0.05) is 0 Å². The number of fused-ring (bicyclic) bond motifs is 2. The molecule has 0 heterocycles. The molecular weight excluding hydrogens is 316 g/mol. The van der Waals surface area contributed by atoms with Crippen LogP contribution in [0.3, 0.4) is 0 Å². The zero-order valence-corrected chi connectivity index (χ0v) is 15.8. The summed E-state index contributed by atoms with van der Waals surface area (Å²) in [5, 5.41) is 20.7. The van der Waals surface area contributed by atoms with E-state index in [0.29, 0.717) is 0 Å². The quantitative estimate of drug-likeness (QED) is 0.646. The van der Waals surface area contributed by atoms with Crippen LogP contribution in [0.1, 0.15) is 74.6 Å². The molecule has 0 aliphatic heterocycles. The third-order valence-electron chi connectivity index (χ3n) is 5.89. The van der Waals surface area contributed by atoms with Crippen LogP contribution in [0.15, 0.2) is 48.5 Å². The summed E-state index contributed by atoms with van der Waals surface area (Å²) in [6.45, 7) is 4.32. The number of rotatable bonds is 6. The van der Waals surface area contributed by atoms with Crippen LogP contribution in [-0.2, 0) is 10.8 Å². The van der Waals surface area contributed by atoms with Crippen LogP contribution in [0.25, 0.3) is 0 Å². The third kappa shape index (κ3) is 2.53. The highest BCUT2D eigenvalue weighted by atomic mass is 14.5. The van der Waals surface area contributed by atoms with E-state index in [-0.39, 0.29) is 0 Å². The van der Waals surface area contributed by atoms with E-state index in [9.17, 15) is 10.5 Å². The Morgan fingerprint density at radius 2 is 0.962 bits per heavy atom. The van der Waals surface area contributed by atoms with Gasteiger partial charge in [0.2, 0.25) is 0 Å². The molecule has 2 heteroatoms. The van der Waals surface area contributed by atoms with Gasteiger partial charge in [-0.15, -0.1) is 0 Å². The van der Waals surface area contributed by atoms with Crippen molar-refractivity contribution in [2.45, 2.75) is 63.2 Å². The Bertz CT molecular complexity index is 747. The first-order chi connectivity index (χ1) is 12.7. The monoisotopic (exact) mass is 342 g/mol. The van der Waals surface area contributed by atoms with Gasteiger partial charge in [-0.25, -0.2) is 0 Å². The molecule has 0 unspecified atom stereocenters. The maximum atomic E-state index is 10.3. The normalized spacial score (nSPS) is 23.4. The van der Waals surface area contributed by atoms with Gasteiger partial charge in [0.15, 0.2) is 0 Å². The number of unbranched alkanes of at least 4 members (excludes halogenated alkanes) is 2. The third-order valence-corrected chi connectivity index (χ3v) is 5.89. The minimum absolute atomic E-state index is 0.657. The van der Waals surface area contributed by atoms with Crippen molar-refractivity contribution in [2.75, 3.05) is 0 Å². The molecule has 0 amide bonds. The molecule has 0 bridgehead atoms. The average molecular weight is 342 g/mol. The zero-order chi connectivity index (χ0) is 18.6. The molecule has 1 aliphatic carbocycles. The highest BCUT2D eigenvalue weighted by Crippen LogP contribution is 2.53. The number of hydrogen-bond acceptors (Lipinski definition) is 2. The zero-order valence-electron chi connectivity index (χ0n) is 15.8. The van der Waals surface area contributed by atoms with Crippen LogP contribution in [0, 0.1) is 22.7 Å². The Morgan fingerprint density at radius 3 is 1.19 bits per heavy atom. The molecule has 2 aromatic rings. The number of hydrogen-bond donors (Lipinski definition) is 0. The van der Waals surface area contributed by atoms with Gasteiger partial charge in [0.05, 0.1) is 12.1 Å². The van der Waals surface area contributed by atoms with E-state index in [4.69, 9.17) is 0 Å². The first-order valence-electron chi connectivity index (χ1n) is 9.72. The highest BCUT2D eigenvalue weighted by Gasteiger charge is 2.50. The lowest BCUT2D eigenvalue weighted by atomic mass is 9.56. The summed E-state index contributed by atoms with van der Waals surface area (Å²) in [5.74, 6) is 0. The van der Waals surface area contributed by atoms with Gasteiger partial charge in [-0.05, 0) is 35.1 Å². The molecule has 0 fully saturated rings. The molecule has 0 aromatic heterocycles. The van der Waals surface area contributed by atoms with E-state index in [1.165, 1.54) is 0 Å². The molecule has 0 atom stereocenters. The second-order valence-corrected chi connectivity index (χ2v) is 7.33. The Kier molecular flexibility index (Phi) is 5.15. The van der Waals surface area contributed by atoms with Crippen molar-refractivity contribution in [3.8, 4) is 12.1 Å². The minimum atomic E-state index is -0.657. The lowest BCUT2D eigenvalue weighted by molar-refractivity contribution is 0.474. The summed E-state index contributed by atoms with van der Waals surface area (Å²) in [5.41, 5.74) is 2.82. The van der Waals surface area contributed by atoms with Crippen molar-refractivity contribution in [3.05, 3.63) is 70.8 Å². The van der Waals surface area contributed by atoms with Gasteiger partial charge < -0.3 is 0 Å². The fourth-order valence-corrected chi connectivity index (χ4v) is 4.52. The molecule has 0 radical (unpaired) electrons. The van der Waals surface area contributed by atoms with E-state index >= 15 is 0 Å². The van der Waals surface area contributed by atoms with Crippen LogP contribution in [0.4, 0.5) is 0 Å². The molecule has 0 spiro atoms. The second-order valence-electron chi connectivity index (χ2n) is 7.33. The molecule has 2 nitrogen and oxygen atoms in total. The molecule has 0 N–H and O–H groups in total. The van der Waals surface area contributed by atoms with Crippen LogP contribution in [-0.4, -0.2) is 0 Å². The highest BCUT2D eigenvalue weighted by molar-refractivity contribution is 5.65. The number of benzene rings is 2. The van der Waals surface area contributed by atoms with Gasteiger partial charge in [0.25, 0.3) is 0 Å². The van der Waals surface area contributed by atoms with Gasteiger partial charge in [-0.2, -0.15) is 10.5 Å². The summed E-state index contributed by atoms with van der Waals surface area (Å²) in [6, 6.07) is 21.7. The molecule has 0 saturated carbocycles. The van der Waals surface area contributed by atoms with Gasteiger partial charge in [0.1, 0.15) is 10.8 Å². The van der Waals surface area contributed by atoms with Crippen molar-refractivity contribution in [3.63, 3.8) is 0 Å². The van der Waals surface area contributed by atoms with Gasteiger partial charge >= 0.3 is 0 Å². The maximum absolute atomic E-state index is 10.3. The topological polar surface area (TPSA) is 47.6 Å². The maximum Gasteiger partial charge on any atom is 0.108 e. The first-order valence-corrected chi connectivity index (χ1v) is 9.72. The summed E-state index contributed by atoms with van der Waals surface area (Å²) in [4.78, 5) is 0. The number of nitriles is 2.